The average molecular weight is 249 g/mol. The molecule has 2 atom stereocenters. The Labute approximate surface area is 101 Å². The van der Waals surface area contributed by atoms with Crippen LogP contribution in [0.5, 0.6) is 0 Å². The molecule has 0 amide bonds. The Hall–Kier alpha value is -0.260. The Balaban J connectivity index is 1.94. The van der Waals surface area contributed by atoms with E-state index in [2.05, 4.69) is 9.64 Å². The lowest BCUT2D eigenvalue weighted by molar-refractivity contribution is -0.159. The van der Waals surface area contributed by atoms with Gasteiger partial charge in [-0.1, -0.05) is 0 Å². The summed E-state index contributed by atoms with van der Waals surface area (Å²) in [4.78, 5) is 2.27. The van der Waals surface area contributed by atoms with E-state index in [-0.39, 0.29) is 17.7 Å². The zero-order chi connectivity index (χ0) is 12.5. The molecule has 100 valence electrons. The van der Waals surface area contributed by atoms with E-state index in [9.17, 15) is 8.78 Å². The fraction of sp³-hybridized carbons (Fsp3) is 1.00. The SMILES string of the molecule is CC(C)OCC12CCCN1CC(OC(F)F)C2. The van der Waals surface area contributed by atoms with E-state index in [1.165, 1.54) is 0 Å². The zero-order valence-corrected chi connectivity index (χ0v) is 10.5. The van der Waals surface area contributed by atoms with Gasteiger partial charge in [0.25, 0.3) is 0 Å². The second-order valence-corrected chi connectivity index (χ2v) is 5.36. The summed E-state index contributed by atoms with van der Waals surface area (Å²) in [5.74, 6) is 0. The molecule has 2 heterocycles. The van der Waals surface area contributed by atoms with Gasteiger partial charge in [0.1, 0.15) is 0 Å². The molecule has 2 aliphatic heterocycles. The van der Waals surface area contributed by atoms with Gasteiger partial charge in [0.15, 0.2) is 0 Å². The van der Waals surface area contributed by atoms with Crippen molar-refractivity contribution in [1.29, 1.82) is 0 Å². The largest absolute Gasteiger partial charge is 0.377 e. The van der Waals surface area contributed by atoms with Crippen molar-refractivity contribution < 1.29 is 18.3 Å². The first-order chi connectivity index (χ1) is 8.02. The first kappa shape index (κ1) is 13.2. The minimum atomic E-state index is -2.66. The second kappa shape index (κ2) is 5.16. The van der Waals surface area contributed by atoms with Gasteiger partial charge in [-0.3, -0.25) is 4.90 Å². The summed E-state index contributed by atoms with van der Waals surface area (Å²) in [7, 11) is 0. The van der Waals surface area contributed by atoms with Gasteiger partial charge in [-0.2, -0.15) is 8.78 Å². The van der Waals surface area contributed by atoms with Crippen LogP contribution in [-0.2, 0) is 9.47 Å². The van der Waals surface area contributed by atoms with Gasteiger partial charge in [0.05, 0.1) is 18.8 Å². The van der Waals surface area contributed by atoms with Crippen LogP contribution in [0.25, 0.3) is 0 Å². The number of fused-ring (bicyclic) bond motifs is 1. The molecular weight excluding hydrogens is 228 g/mol. The van der Waals surface area contributed by atoms with Gasteiger partial charge >= 0.3 is 6.61 Å². The summed E-state index contributed by atoms with van der Waals surface area (Å²) < 4.78 is 34.8. The van der Waals surface area contributed by atoms with E-state index in [1.54, 1.807) is 0 Å². The Morgan fingerprint density at radius 2 is 2.18 bits per heavy atom. The van der Waals surface area contributed by atoms with Crippen LogP contribution in [0.15, 0.2) is 0 Å². The van der Waals surface area contributed by atoms with Crippen LogP contribution in [-0.4, -0.2) is 49.0 Å². The van der Waals surface area contributed by atoms with Gasteiger partial charge < -0.3 is 9.47 Å². The lowest BCUT2D eigenvalue weighted by Gasteiger charge is -2.32. The Kier molecular flexibility index (Phi) is 4.00. The van der Waals surface area contributed by atoms with Gasteiger partial charge in [0, 0.05) is 12.1 Å². The van der Waals surface area contributed by atoms with Crippen LogP contribution >= 0.6 is 0 Å². The number of rotatable bonds is 5. The molecule has 3 nitrogen and oxygen atoms in total. The van der Waals surface area contributed by atoms with E-state index in [1.807, 2.05) is 13.8 Å². The number of hydrogen-bond acceptors (Lipinski definition) is 3. The third-order valence-corrected chi connectivity index (χ3v) is 3.75. The highest BCUT2D eigenvalue weighted by molar-refractivity contribution is 5.04. The van der Waals surface area contributed by atoms with Crippen LogP contribution in [0, 0.1) is 0 Å². The number of alkyl halides is 2. The van der Waals surface area contributed by atoms with Gasteiger partial charge in [-0.15, -0.1) is 0 Å². The van der Waals surface area contributed by atoms with Crippen molar-refractivity contribution in [3.63, 3.8) is 0 Å². The van der Waals surface area contributed by atoms with Crippen molar-refractivity contribution in [3.05, 3.63) is 0 Å². The molecular formula is C12H21F2NO2. The Morgan fingerprint density at radius 1 is 1.41 bits per heavy atom. The maximum absolute atomic E-state index is 12.2. The summed E-state index contributed by atoms with van der Waals surface area (Å²) in [5.41, 5.74) is -0.0518. The molecule has 0 spiro atoms. The van der Waals surface area contributed by atoms with Gasteiger partial charge in [-0.25, -0.2) is 0 Å². The van der Waals surface area contributed by atoms with Crippen LogP contribution in [0.1, 0.15) is 33.1 Å². The summed E-state index contributed by atoms with van der Waals surface area (Å²) in [6.07, 6.45) is 2.67. The third-order valence-electron chi connectivity index (χ3n) is 3.75. The zero-order valence-electron chi connectivity index (χ0n) is 10.5. The molecule has 5 heteroatoms. The molecule has 0 aromatic heterocycles. The molecule has 0 aliphatic carbocycles. The minimum Gasteiger partial charge on any atom is -0.377 e. The van der Waals surface area contributed by atoms with Crippen molar-refractivity contribution in [2.75, 3.05) is 19.7 Å². The van der Waals surface area contributed by atoms with Crippen molar-refractivity contribution in [3.8, 4) is 0 Å². The first-order valence-electron chi connectivity index (χ1n) is 6.32. The predicted molar refractivity (Wildman–Crippen MR) is 60.1 cm³/mol. The molecule has 0 saturated carbocycles. The van der Waals surface area contributed by atoms with Crippen molar-refractivity contribution in [2.45, 2.75) is 57.5 Å². The van der Waals surface area contributed by atoms with Crippen LogP contribution in [0.2, 0.25) is 0 Å². The fourth-order valence-electron chi connectivity index (χ4n) is 3.03. The quantitative estimate of drug-likeness (QED) is 0.746. The molecule has 17 heavy (non-hydrogen) atoms. The second-order valence-electron chi connectivity index (χ2n) is 5.36. The Bertz CT molecular complexity index is 263. The highest BCUT2D eigenvalue weighted by Crippen LogP contribution is 2.40. The maximum Gasteiger partial charge on any atom is 0.345 e. The normalized spacial score (nSPS) is 33.9. The molecule has 0 bridgehead atoms. The monoisotopic (exact) mass is 249 g/mol. The predicted octanol–water partition coefficient (Wildman–Crippen LogP) is 2.26. The molecule has 0 aromatic carbocycles. The molecule has 2 rings (SSSR count). The van der Waals surface area contributed by atoms with E-state index in [0.717, 1.165) is 19.4 Å². The van der Waals surface area contributed by atoms with Crippen LogP contribution < -0.4 is 0 Å². The average Bonchev–Trinajstić information content (AvgIpc) is 2.70. The topological polar surface area (TPSA) is 21.7 Å². The molecule has 0 radical (unpaired) electrons. The van der Waals surface area contributed by atoms with E-state index in [4.69, 9.17) is 4.74 Å². The van der Waals surface area contributed by atoms with E-state index >= 15 is 0 Å². The third kappa shape index (κ3) is 2.95. The highest BCUT2D eigenvalue weighted by atomic mass is 19.3. The maximum atomic E-state index is 12.2. The van der Waals surface area contributed by atoms with Gasteiger partial charge in [-0.05, 0) is 39.7 Å². The van der Waals surface area contributed by atoms with Crippen LogP contribution in [0.4, 0.5) is 8.78 Å². The Morgan fingerprint density at radius 3 is 2.82 bits per heavy atom. The minimum absolute atomic E-state index is 0.0518. The molecule has 0 aromatic rings. The molecule has 2 aliphatic rings. The van der Waals surface area contributed by atoms with Crippen molar-refractivity contribution in [2.24, 2.45) is 0 Å². The number of nitrogens with zero attached hydrogens (tertiary/aromatic N) is 1. The molecule has 2 saturated heterocycles. The molecule has 2 fully saturated rings. The summed E-state index contributed by atoms with van der Waals surface area (Å²) in [6, 6.07) is 0. The lowest BCUT2D eigenvalue weighted by Crippen LogP contribution is -2.43. The number of ether oxygens (including phenoxy) is 2. The van der Waals surface area contributed by atoms with Crippen molar-refractivity contribution >= 4 is 0 Å². The lowest BCUT2D eigenvalue weighted by atomic mass is 9.94. The van der Waals surface area contributed by atoms with E-state index in [0.29, 0.717) is 19.6 Å². The summed E-state index contributed by atoms with van der Waals surface area (Å²) in [5, 5.41) is 0. The fourth-order valence-corrected chi connectivity index (χ4v) is 3.03. The van der Waals surface area contributed by atoms with Gasteiger partial charge in [0.2, 0.25) is 0 Å². The van der Waals surface area contributed by atoms with E-state index < -0.39 is 6.61 Å². The first-order valence-corrected chi connectivity index (χ1v) is 6.32. The summed E-state index contributed by atoms with van der Waals surface area (Å²) >= 11 is 0. The standard InChI is InChI=1S/C12H21F2NO2/c1-9(2)16-8-12-4-3-5-15(12)7-10(6-12)17-11(13)14/h9-11H,3-8H2,1-2H3. The smallest absolute Gasteiger partial charge is 0.345 e. The molecule has 0 N–H and O–H groups in total. The van der Waals surface area contributed by atoms with Crippen LogP contribution in [0.3, 0.4) is 0 Å². The van der Waals surface area contributed by atoms with Crippen molar-refractivity contribution in [1.82, 2.24) is 4.90 Å². The highest BCUT2D eigenvalue weighted by Gasteiger charge is 2.49. The number of halogens is 2. The summed E-state index contributed by atoms with van der Waals surface area (Å²) in [6.45, 7) is 3.56. The molecule has 2 unspecified atom stereocenters. The number of hydrogen-bond donors (Lipinski definition) is 0.